The lowest BCUT2D eigenvalue weighted by Crippen LogP contribution is -2.44. The summed E-state index contributed by atoms with van der Waals surface area (Å²) in [6, 6.07) is -0.865. The second-order valence-electron chi connectivity index (χ2n) is 5.74. The van der Waals surface area contributed by atoms with Crippen molar-refractivity contribution in [3.05, 3.63) is 12.2 Å². The quantitative estimate of drug-likeness (QED) is 0.537. The summed E-state index contributed by atoms with van der Waals surface area (Å²) < 4.78 is 0. The van der Waals surface area contributed by atoms with E-state index in [1.54, 1.807) is 13.8 Å². The molecule has 1 aliphatic rings. The van der Waals surface area contributed by atoms with Crippen LogP contribution in [0.5, 0.6) is 0 Å². The van der Waals surface area contributed by atoms with Gasteiger partial charge in [0, 0.05) is 19.0 Å². The van der Waals surface area contributed by atoms with Crippen molar-refractivity contribution >= 4 is 17.8 Å². The Morgan fingerprint density at radius 3 is 2.50 bits per heavy atom. The van der Waals surface area contributed by atoms with Gasteiger partial charge in [-0.1, -0.05) is 20.3 Å². The van der Waals surface area contributed by atoms with E-state index < -0.39 is 18.2 Å². The number of carboxylic acid groups (broad SMARTS) is 1. The van der Waals surface area contributed by atoms with Crippen molar-refractivity contribution in [1.82, 2.24) is 10.2 Å². The lowest BCUT2D eigenvalue weighted by molar-refractivity contribution is -0.143. The molecule has 3 N–H and O–H groups in total. The van der Waals surface area contributed by atoms with Crippen LogP contribution in [0, 0.1) is 5.92 Å². The fraction of sp³-hybridized carbons (Fsp3) is 0.667. The van der Waals surface area contributed by atoms with Gasteiger partial charge < -0.3 is 20.4 Å². The maximum Gasteiger partial charge on any atom is 0.326 e. The van der Waals surface area contributed by atoms with E-state index in [0.717, 1.165) is 6.42 Å². The Morgan fingerprint density at radius 2 is 2.00 bits per heavy atom. The number of aliphatic hydroxyl groups is 1. The molecule has 0 aromatic carbocycles. The third kappa shape index (κ3) is 5.48. The number of aliphatic hydroxyl groups excluding tert-OH is 1. The molecule has 1 unspecified atom stereocenters. The summed E-state index contributed by atoms with van der Waals surface area (Å²) in [5.41, 5.74) is 0. The van der Waals surface area contributed by atoms with Gasteiger partial charge in [0.2, 0.25) is 11.8 Å². The Balaban J connectivity index is 2.18. The van der Waals surface area contributed by atoms with Crippen molar-refractivity contribution in [2.75, 3.05) is 6.54 Å². The number of amides is 2. The topological polar surface area (TPSA) is 107 Å². The van der Waals surface area contributed by atoms with Gasteiger partial charge in [-0.15, -0.1) is 0 Å². The average molecular weight is 312 g/mol. The van der Waals surface area contributed by atoms with Gasteiger partial charge in [0.15, 0.2) is 0 Å². The van der Waals surface area contributed by atoms with E-state index in [2.05, 4.69) is 5.32 Å². The largest absolute Gasteiger partial charge is 0.480 e. The number of unbranched alkanes of at least 4 members (excludes halogenated alkanes) is 2. The van der Waals surface area contributed by atoms with E-state index in [0.29, 0.717) is 19.4 Å². The number of nitrogens with zero attached hydrogens (tertiary/aromatic N) is 1. The number of rotatable bonds is 9. The third-order valence-corrected chi connectivity index (χ3v) is 3.57. The van der Waals surface area contributed by atoms with Gasteiger partial charge in [-0.25, -0.2) is 4.79 Å². The molecular formula is C15H24N2O5. The zero-order chi connectivity index (χ0) is 16.7. The molecule has 124 valence electrons. The highest BCUT2D eigenvalue weighted by Gasteiger charge is 2.24. The molecule has 2 amide bonds. The van der Waals surface area contributed by atoms with Crippen LogP contribution in [0.15, 0.2) is 12.2 Å². The SMILES string of the molecule is CC(C)[C@H](NC(=O)CCCCCN1C(=O)C=CC1O)C(=O)O. The third-order valence-electron chi connectivity index (χ3n) is 3.57. The smallest absolute Gasteiger partial charge is 0.326 e. The Labute approximate surface area is 130 Å². The first-order chi connectivity index (χ1) is 10.3. The number of carboxylic acids is 1. The van der Waals surface area contributed by atoms with Crippen LogP contribution in [0.2, 0.25) is 0 Å². The fourth-order valence-corrected chi connectivity index (χ4v) is 2.24. The summed E-state index contributed by atoms with van der Waals surface area (Å²) in [5.74, 6) is -1.68. The first-order valence-electron chi connectivity index (χ1n) is 7.52. The summed E-state index contributed by atoms with van der Waals surface area (Å²) in [6.45, 7) is 3.93. The molecule has 0 saturated carbocycles. The van der Waals surface area contributed by atoms with E-state index in [9.17, 15) is 19.5 Å². The molecule has 0 bridgehead atoms. The van der Waals surface area contributed by atoms with Crippen molar-refractivity contribution in [1.29, 1.82) is 0 Å². The predicted molar refractivity (Wildman–Crippen MR) is 79.7 cm³/mol. The van der Waals surface area contributed by atoms with E-state index in [4.69, 9.17) is 5.11 Å². The van der Waals surface area contributed by atoms with Gasteiger partial charge in [0.1, 0.15) is 12.3 Å². The Morgan fingerprint density at radius 1 is 1.32 bits per heavy atom. The number of carbonyl (C=O) groups is 3. The van der Waals surface area contributed by atoms with Crippen molar-refractivity contribution < 1.29 is 24.6 Å². The summed E-state index contributed by atoms with van der Waals surface area (Å²) >= 11 is 0. The minimum Gasteiger partial charge on any atom is -0.480 e. The molecule has 0 fully saturated rings. The van der Waals surface area contributed by atoms with Gasteiger partial charge in [-0.05, 0) is 24.8 Å². The maximum atomic E-state index is 11.7. The van der Waals surface area contributed by atoms with Gasteiger partial charge in [-0.2, -0.15) is 0 Å². The molecular weight excluding hydrogens is 288 g/mol. The molecule has 0 aromatic heterocycles. The van der Waals surface area contributed by atoms with Crippen LogP contribution in [0.3, 0.4) is 0 Å². The molecule has 0 radical (unpaired) electrons. The standard InChI is InChI=1S/C15H24N2O5/c1-10(2)14(15(21)22)16-11(18)6-4-3-5-9-17-12(19)7-8-13(17)20/h7-8,10,12,14,19H,3-6,9H2,1-2H3,(H,16,18)(H,21,22)/t12?,14-/m0/s1. The molecule has 1 aliphatic heterocycles. The summed E-state index contributed by atoms with van der Waals surface area (Å²) in [4.78, 5) is 35.4. The summed E-state index contributed by atoms with van der Waals surface area (Å²) in [7, 11) is 0. The van der Waals surface area contributed by atoms with Gasteiger partial charge in [0.25, 0.3) is 0 Å². The van der Waals surface area contributed by atoms with E-state index in [-0.39, 0.29) is 24.2 Å². The second kappa shape index (κ2) is 8.53. The highest BCUT2D eigenvalue weighted by atomic mass is 16.4. The molecule has 0 aromatic rings. The number of carbonyl (C=O) groups excluding carboxylic acids is 2. The molecule has 22 heavy (non-hydrogen) atoms. The number of hydrogen-bond acceptors (Lipinski definition) is 4. The summed E-state index contributed by atoms with van der Waals surface area (Å²) in [6.07, 6.45) is 4.21. The maximum absolute atomic E-state index is 11.7. The van der Waals surface area contributed by atoms with E-state index in [1.165, 1.54) is 17.1 Å². The normalized spacial score (nSPS) is 18.8. The molecule has 1 heterocycles. The fourth-order valence-electron chi connectivity index (χ4n) is 2.24. The Kier molecular flexibility index (Phi) is 7.04. The van der Waals surface area contributed by atoms with Gasteiger partial charge in [-0.3, -0.25) is 9.59 Å². The molecule has 7 heteroatoms. The van der Waals surface area contributed by atoms with Crippen LogP contribution in [0.4, 0.5) is 0 Å². The van der Waals surface area contributed by atoms with Crippen molar-refractivity contribution in [2.24, 2.45) is 5.92 Å². The molecule has 0 aliphatic carbocycles. The van der Waals surface area contributed by atoms with Crippen LogP contribution in [-0.4, -0.2) is 51.7 Å². The lowest BCUT2D eigenvalue weighted by Gasteiger charge is -2.20. The molecule has 2 atom stereocenters. The van der Waals surface area contributed by atoms with Gasteiger partial charge in [0.05, 0.1) is 0 Å². The lowest BCUT2D eigenvalue weighted by atomic mass is 10.0. The highest BCUT2D eigenvalue weighted by Crippen LogP contribution is 2.11. The van der Waals surface area contributed by atoms with Crippen molar-refractivity contribution in [3.8, 4) is 0 Å². The summed E-state index contributed by atoms with van der Waals surface area (Å²) in [5, 5.41) is 21.0. The van der Waals surface area contributed by atoms with Crippen LogP contribution >= 0.6 is 0 Å². The van der Waals surface area contributed by atoms with Gasteiger partial charge >= 0.3 is 5.97 Å². The number of nitrogens with one attached hydrogen (secondary N) is 1. The minimum absolute atomic E-state index is 0.170. The van der Waals surface area contributed by atoms with Crippen LogP contribution in [-0.2, 0) is 14.4 Å². The first kappa shape index (κ1) is 18.2. The van der Waals surface area contributed by atoms with Crippen LogP contribution in [0.25, 0.3) is 0 Å². The van der Waals surface area contributed by atoms with Crippen LogP contribution < -0.4 is 5.32 Å². The van der Waals surface area contributed by atoms with Crippen LogP contribution in [0.1, 0.15) is 39.5 Å². The Bertz CT molecular complexity index is 447. The monoisotopic (exact) mass is 312 g/mol. The molecule has 0 saturated heterocycles. The zero-order valence-corrected chi connectivity index (χ0v) is 13.0. The average Bonchev–Trinajstić information content (AvgIpc) is 2.75. The molecule has 1 rings (SSSR count). The van der Waals surface area contributed by atoms with E-state index >= 15 is 0 Å². The predicted octanol–water partition coefficient (Wildman–Crippen LogP) is 0.489. The minimum atomic E-state index is -1.03. The molecule has 7 nitrogen and oxygen atoms in total. The van der Waals surface area contributed by atoms with Crippen molar-refractivity contribution in [3.63, 3.8) is 0 Å². The first-order valence-corrected chi connectivity index (χ1v) is 7.52. The Hall–Kier alpha value is -1.89. The number of hydrogen-bond donors (Lipinski definition) is 3. The van der Waals surface area contributed by atoms with Crippen molar-refractivity contribution in [2.45, 2.75) is 51.8 Å². The van der Waals surface area contributed by atoms with E-state index in [1.807, 2.05) is 0 Å². The number of aliphatic carboxylic acids is 1. The highest BCUT2D eigenvalue weighted by molar-refractivity contribution is 5.90. The zero-order valence-electron chi connectivity index (χ0n) is 13.0. The second-order valence-corrected chi connectivity index (χ2v) is 5.74. The molecule has 0 spiro atoms.